The van der Waals surface area contributed by atoms with Gasteiger partial charge >= 0.3 is 12.0 Å². The summed E-state index contributed by atoms with van der Waals surface area (Å²) in [4.78, 5) is 26.8. The van der Waals surface area contributed by atoms with E-state index in [4.69, 9.17) is 5.11 Å². The molecule has 0 spiro atoms. The van der Waals surface area contributed by atoms with Crippen molar-refractivity contribution in [2.45, 2.75) is 38.8 Å². The molecule has 1 aliphatic heterocycles. The van der Waals surface area contributed by atoms with Crippen LogP contribution in [-0.4, -0.2) is 34.6 Å². The van der Waals surface area contributed by atoms with E-state index in [0.717, 1.165) is 17.7 Å². The number of carboxylic acids is 1. The van der Waals surface area contributed by atoms with Crippen molar-refractivity contribution in [1.29, 1.82) is 0 Å². The molecule has 0 aromatic carbocycles. The first-order chi connectivity index (χ1) is 9.11. The lowest BCUT2D eigenvalue weighted by molar-refractivity contribution is -0.141. The van der Waals surface area contributed by atoms with E-state index in [1.54, 1.807) is 11.3 Å². The van der Waals surface area contributed by atoms with E-state index in [9.17, 15) is 9.59 Å². The highest BCUT2D eigenvalue weighted by Gasteiger charge is 2.33. The van der Waals surface area contributed by atoms with Crippen LogP contribution in [0.4, 0.5) is 4.79 Å². The Kier molecular flexibility index (Phi) is 4.42. The molecule has 2 amide bonds. The third-order valence-electron chi connectivity index (χ3n) is 3.28. The zero-order chi connectivity index (χ0) is 13.8. The zero-order valence-corrected chi connectivity index (χ0v) is 11.7. The molecule has 0 radical (unpaired) electrons. The van der Waals surface area contributed by atoms with Crippen LogP contribution in [0.25, 0.3) is 0 Å². The number of likely N-dealkylation sites (tertiary alicyclic amines) is 1. The minimum absolute atomic E-state index is 0.281. The van der Waals surface area contributed by atoms with Crippen LogP contribution < -0.4 is 5.32 Å². The third kappa shape index (κ3) is 3.26. The number of carbonyl (C=O) groups excluding carboxylic acids is 1. The van der Waals surface area contributed by atoms with E-state index in [1.807, 2.05) is 6.07 Å². The highest BCUT2D eigenvalue weighted by molar-refractivity contribution is 7.11. The topological polar surface area (TPSA) is 69.6 Å². The molecule has 1 aromatic rings. The standard InChI is InChI=1S/C13H18N2O3S/c1-2-9-5-6-10(19-9)8-14-13(18)15-7-3-4-11(15)12(16)17/h5-6,11H,2-4,7-8H2,1H3,(H,14,18)(H,16,17)/t11-/m1/s1. The fourth-order valence-electron chi connectivity index (χ4n) is 2.24. The van der Waals surface area contributed by atoms with Gasteiger partial charge in [0.25, 0.3) is 0 Å². The summed E-state index contributed by atoms with van der Waals surface area (Å²) in [5, 5.41) is 11.8. The van der Waals surface area contributed by atoms with Crippen molar-refractivity contribution in [1.82, 2.24) is 10.2 Å². The van der Waals surface area contributed by atoms with Crippen molar-refractivity contribution in [2.75, 3.05) is 6.54 Å². The molecule has 2 N–H and O–H groups in total. The normalized spacial score (nSPS) is 18.6. The number of hydrogen-bond donors (Lipinski definition) is 2. The van der Waals surface area contributed by atoms with Crippen molar-refractivity contribution >= 4 is 23.3 Å². The molecule has 19 heavy (non-hydrogen) atoms. The molecule has 1 aliphatic rings. The van der Waals surface area contributed by atoms with Gasteiger partial charge in [-0.25, -0.2) is 9.59 Å². The lowest BCUT2D eigenvalue weighted by atomic mass is 10.2. The van der Waals surface area contributed by atoms with Crippen molar-refractivity contribution in [3.8, 4) is 0 Å². The van der Waals surface area contributed by atoms with Gasteiger partial charge in [-0.1, -0.05) is 6.92 Å². The van der Waals surface area contributed by atoms with Crippen LogP contribution in [0.2, 0.25) is 0 Å². The maximum atomic E-state index is 12.0. The van der Waals surface area contributed by atoms with Gasteiger partial charge in [0, 0.05) is 16.3 Å². The minimum Gasteiger partial charge on any atom is -0.480 e. The van der Waals surface area contributed by atoms with Gasteiger partial charge < -0.3 is 15.3 Å². The Morgan fingerprint density at radius 1 is 1.47 bits per heavy atom. The summed E-state index contributed by atoms with van der Waals surface area (Å²) in [5.41, 5.74) is 0. The van der Waals surface area contributed by atoms with Crippen LogP contribution in [-0.2, 0) is 17.8 Å². The van der Waals surface area contributed by atoms with E-state index < -0.39 is 12.0 Å². The molecule has 104 valence electrons. The number of thiophene rings is 1. The highest BCUT2D eigenvalue weighted by atomic mass is 32.1. The lowest BCUT2D eigenvalue weighted by Crippen LogP contribution is -2.45. The molecule has 0 bridgehead atoms. The summed E-state index contributed by atoms with van der Waals surface area (Å²) in [6.07, 6.45) is 2.29. The number of carbonyl (C=O) groups is 2. The van der Waals surface area contributed by atoms with Gasteiger partial charge in [-0.05, 0) is 31.4 Å². The molecular weight excluding hydrogens is 264 g/mol. The van der Waals surface area contributed by atoms with Gasteiger partial charge in [-0.3, -0.25) is 0 Å². The number of nitrogens with zero attached hydrogens (tertiary/aromatic N) is 1. The average Bonchev–Trinajstić information content (AvgIpc) is 3.04. The Labute approximate surface area is 116 Å². The van der Waals surface area contributed by atoms with Crippen molar-refractivity contribution < 1.29 is 14.7 Å². The summed E-state index contributed by atoms with van der Waals surface area (Å²) in [5.74, 6) is -0.919. The molecule has 0 aliphatic carbocycles. The monoisotopic (exact) mass is 282 g/mol. The Morgan fingerprint density at radius 3 is 2.84 bits per heavy atom. The molecule has 1 fully saturated rings. The second-order valence-corrected chi connectivity index (χ2v) is 5.82. The van der Waals surface area contributed by atoms with Crippen LogP contribution in [0.3, 0.4) is 0 Å². The van der Waals surface area contributed by atoms with E-state index >= 15 is 0 Å². The van der Waals surface area contributed by atoms with E-state index in [1.165, 1.54) is 9.78 Å². The van der Waals surface area contributed by atoms with Gasteiger partial charge in [0.1, 0.15) is 6.04 Å². The van der Waals surface area contributed by atoms with E-state index in [0.29, 0.717) is 19.5 Å². The Balaban J connectivity index is 1.88. The number of carboxylic acid groups (broad SMARTS) is 1. The molecule has 0 saturated carbocycles. The van der Waals surface area contributed by atoms with Gasteiger partial charge in [-0.2, -0.15) is 0 Å². The van der Waals surface area contributed by atoms with Crippen LogP contribution in [0.15, 0.2) is 12.1 Å². The number of hydrogen-bond acceptors (Lipinski definition) is 3. The largest absolute Gasteiger partial charge is 0.480 e. The molecule has 2 rings (SSSR count). The van der Waals surface area contributed by atoms with E-state index in [-0.39, 0.29) is 6.03 Å². The van der Waals surface area contributed by atoms with Crippen molar-refractivity contribution in [3.05, 3.63) is 21.9 Å². The molecule has 5 nitrogen and oxygen atoms in total. The average molecular weight is 282 g/mol. The van der Waals surface area contributed by atoms with Gasteiger partial charge in [-0.15, -0.1) is 11.3 Å². The maximum Gasteiger partial charge on any atom is 0.326 e. The van der Waals surface area contributed by atoms with Gasteiger partial charge in [0.2, 0.25) is 0 Å². The molecule has 1 atom stereocenters. The molecule has 1 saturated heterocycles. The fraction of sp³-hybridized carbons (Fsp3) is 0.538. The van der Waals surface area contributed by atoms with Gasteiger partial charge in [0.05, 0.1) is 6.54 Å². The molecule has 0 unspecified atom stereocenters. The number of nitrogens with one attached hydrogen (secondary N) is 1. The Hall–Kier alpha value is -1.56. The number of rotatable bonds is 4. The van der Waals surface area contributed by atoms with Gasteiger partial charge in [0.15, 0.2) is 0 Å². The predicted molar refractivity (Wildman–Crippen MR) is 73.3 cm³/mol. The Morgan fingerprint density at radius 2 is 2.21 bits per heavy atom. The molecule has 1 aromatic heterocycles. The lowest BCUT2D eigenvalue weighted by Gasteiger charge is -2.21. The Bertz CT molecular complexity index is 472. The zero-order valence-electron chi connectivity index (χ0n) is 10.9. The van der Waals surface area contributed by atoms with Crippen LogP contribution in [0, 0.1) is 0 Å². The molecular formula is C13H18N2O3S. The number of amides is 2. The quantitative estimate of drug-likeness (QED) is 0.888. The van der Waals surface area contributed by atoms with Crippen molar-refractivity contribution in [3.63, 3.8) is 0 Å². The first-order valence-electron chi connectivity index (χ1n) is 6.46. The summed E-state index contributed by atoms with van der Waals surface area (Å²) >= 11 is 1.67. The summed E-state index contributed by atoms with van der Waals surface area (Å²) in [6, 6.07) is 3.11. The summed E-state index contributed by atoms with van der Waals surface area (Å²) in [6.45, 7) is 3.08. The van der Waals surface area contributed by atoms with Crippen LogP contribution >= 0.6 is 11.3 Å². The third-order valence-corrected chi connectivity index (χ3v) is 4.51. The maximum absolute atomic E-state index is 12.0. The minimum atomic E-state index is -0.919. The molecule has 6 heteroatoms. The second kappa shape index (κ2) is 6.06. The van der Waals surface area contributed by atoms with Crippen LogP contribution in [0.5, 0.6) is 0 Å². The first kappa shape index (κ1) is 13.9. The summed E-state index contributed by atoms with van der Waals surface area (Å²) < 4.78 is 0. The summed E-state index contributed by atoms with van der Waals surface area (Å²) in [7, 11) is 0. The fourth-order valence-corrected chi connectivity index (χ4v) is 3.14. The number of aryl methyl sites for hydroxylation is 1. The molecule has 2 heterocycles. The predicted octanol–water partition coefficient (Wildman–Crippen LogP) is 2.07. The van der Waals surface area contributed by atoms with Crippen molar-refractivity contribution in [2.24, 2.45) is 0 Å². The van der Waals surface area contributed by atoms with E-state index in [2.05, 4.69) is 18.3 Å². The number of urea groups is 1. The first-order valence-corrected chi connectivity index (χ1v) is 7.28. The smallest absolute Gasteiger partial charge is 0.326 e. The SMILES string of the molecule is CCc1ccc(CNC(=O)N2CCC[C@@H]2C(=O)O)s1. The van der Waals surface area contributed by atoms with Crippen LogP contribution in [0.1, 0.15) is 29.5 Å². The second-order valence-electron chi connectivity index (χ2n) is 4.57. The highest BCUT2D eigenvalue weighted by Crippen LogP contribution is 2.19. The number of aliphatic carboxylic acids is 1.